The van der Waals surface area contributed by atoms with Crippen molar-refractivity contribution in [2.45, 2.75) is 38.1 Å². The van der Waals surface area contributed by atoms with E-state index in [1.54, 1.807) is 0 Å². The Hall–Kier alpha value is -1.40. The molecule has 1 aromatic carbocycles. The lowest BCUT2D eigenvalue weighted by atomic mass is 9.87. The van der Waals surface area contributed by atoms with Gasteiger partial charge in [0, 0.05) is 6.04 Å². The van der Waals surface area contributed by atoms with Gasteiger partial charge in [0.25, 0.3) is 0 Å². The molecule has 1 aromatic rings. The second-order valence-electron chi connectivity index (χ2n) is 5.56. The van der Waals surface area contributed by atoms with Crippen LogP contribution < -0.4 is 4.72 Å². The van der Waals surface area contributed by atoms with Crippen LogP contribution in [0.2, 0.25) is 0 Å². The Bertz CT molecular complexity index is 563. The lowest BCUT2D eigenvalue weighted by Crippen LogP contribution is -2.40. The molecule has 1 fully saturated rings. The molecule has 0 bridgehead atoms. The van der Waals surface area contributed by atoms with Crippen molar-refractivity contribution in [3.63, 3.8) is 0 Å². The fraction of sp³-hybridized carbons (Fsp3) is 0.533. The summed E-state index contributed by atoms with van der Waals surface area (Å²) in [5.74, 6) is -1.04. The highest BCUT2D eigenvalue weighted by molar-refractivity contribution is 7.89. The Morgan fingerprint density at radius 3 is 2.33 bits per heavy atom. The molecular weight excluding hydrogens is 290 g/mol. The molecule has 1 aliphatic carbocycles. The van der Waals surface area contributed by atoms with Crippen molar-refractivity contribution in [1.82, 2.24) is 4.72 Å². The van der Waals surface area contributed by atoms with Gasteiger partial charge in [0.1, 0.15) is 0 Å². The van der Waals surface area contributed by atoms with Gasteiger partial charge in [-0.25, -0.2) is 13.1 Å². The number of hydrogen-bond donors (Lipinski definition) is 2. The molecule has 0 spiro atoms. The molecule has 2 N–H and O–H groups in total. The minimum Gasteiger partial charge on any atom is -0.481 e. The van der Waals surface area contributed by atoms with Crippen LogP contribution in [0, 0.1) is 5.92 Å². The van der Waals surface area contributed by atoms with Gasteiger partial charge in [-0.15, -0.1) is 0 Å². The van der Waals surface area contributed by atoms with E-state index in [-0.39, 0.29) is 17.7 Å². The summed E-state index contributed by atoms with van der Waals surface area (Å²) in [5.41, 5.74) is 0.998. The first-order valence-corrected chi connectivity index (χ1v) is 8.88. The zero-order chi connectivity index (χ0) is 15.3. The van der Waals surface area contributed by atoms with E-state index in [2.05, 4.69) is 4.72 Å². The van der Waals surface area contributed by atoms with Gasteiger partial charge < -0.3 is 5.11 Å². The molecular formula is C15H21NO4S. The van der Waals surface area contributed by atoms with Crippen molar-refractivity contribution < 1.29 is 18.3 Å². The van der Waals surface area contributed by atoms with E-state index in [4.69, 9.17) is 5.11 Å². The van der Waals surface area contributed by atoms with E-state index in [1.165, 1.54) is 0 Å². The first-order chi connectivity index (χ1) is 9.96. The molecule has 0 heterocycles. The normalized spacial score (nSPS) is 22.9. The van der Waals surface area contributed by atoms with Crippen molar-refractivity contribution >= 4 is 16.0 Å². The number of nitrogens with one attached hydrogen (secondary N) is 1. The van der Waals surface area contributed by atoms with Crippen LogP contribution in [0.25, 0.3) is 0 Å². The van der Waals surface area contributed by atoms with Crippen molar-refractivity contribution in [2.24, 2.45) is 5.92 Å². The monoisotopic (exact) mass is 311 g/mol. The average Bonchev–Trinajstić information content (AvgIpc) is 2.46. The Kier molecular flexibility index (Phi) is 5.36. The summed E-state index contributed by atoms with van der Waals surface area (Å²) in [6.07, 6.45) is 2.77. The fourth-order valence-electron chi connectivity index (χ4n) is 2.67. The lowest BCUT2D eigenvalue weighted by Gasteiger charge is -2.26. The van der Waals surface area contributed by atoms with Crippen molar-refractivity contribution in [3.8, 4) is 0 Å². The summed E-state index contributed by atoms with van der Waals surface area (Å²) in [4.78, 5) is 10.9. The van der Waals surface area contributed by atoms with E-state index >= 15 is 0 Å². The van der Waals surface area contributed by atoms with Crippen molar-refractivity contribution in [1.29, 1.82) is 0 Å². The zero-order valence-electron chi connectivity index (χ0n) is 11.9. The maximum Gasteiger partial charge on any atom is 0.306 e. The molecule has 21 heavy (non-hydrogen) atoms. The number of carboxylic acid groups (broad SMARTS) is 1. The quantitative estimate of drug-likeness (QED) is 0.839. The minimum absolute atomic E-state index is 0.0653. The molecule has 0 radical (unpaired) electrons. The predicted molar refractivity (Wildman–Crippen MR) is 80.5 cm³/mol. The summed E-state index contributed by atoms with van der Waals surface area (Å²) < 4.78 is 26.8. The molecule has 1 aliphatic rings. The van der Waals surface area contributed by atoms with Gasteiger partial charge >= 0.3 is 5.97 Å². The molecule has 0 unspecified atom stereocenters. The predicted octanol–water partition coefficient (Wildman–Crippen LogP) is 1.79. The average molecular weight is 311 g/mol. The van der Waals surface area contributed by atoms with E-state index < -0.39 is 16.0 Å². The van der Waals surface area contributed by atoms with Gasteiger partial charge in [-0.1, -0.05) is 30.3 Å². The molecule has 5 nitrogen and oxygen atoms in total. The summed E-state index contributed by atoms with van der Waals surface area (Å²) in [7, 11) is -3.31. The number of carbonyl (C=O) groups is 1. The maximum absolute atomic E-state index is 12.1. The molecule has 0 aromatic heterocycles. The SMILES string of the molecule is O=C(O)C1CCC(NS(=O)(=O)CCc2ccccc2)CC1. The van der Waals surface area contributed by atoms with Gasteiger partial charge in [-0.2, -0.15) is 0 Å². The summed E-state index contributed by atoms with van der Waals surface area (Å²) in [6, 6.07) is 9.38. The van der Waals surface area contributed by atoms with Gasteiger partial charge in [-0.05, 0) is 37.7 Å². The van der Waals surface area contributed by atoms with Crippen LogP contribution >= 0.6 is 0 Å². The first-order valence-electron chi connectivity index (χ1n) is 7.23. The number of aliphatic carboxylic acids is 1. The zero-order valence-corrected chi connectivity index (χ0v) is 12.7. The summed E-state index contributed by atoms with van der Waals surface area (Å²) in [5, 5.41) is 8.93. The first kappa shape index (κ1) is 16.0. The van der Waals surface area contributed by atoms with Crippen LogP contribution in [-0.4, -0.2) is 31.3 Å². The van der Waals surface area contributed by atoms with E-state index in [1.807, 2.05) is 30.3 Å². The highest BCUT2D eigenvalue weighted by Gasteiger charge is 2.28. The highest BCUT2D eigenvalue weighted by atomic mass is 32.2. The minimum atomic E-state index is -3.31. The van der Waals surface area contributed by atoms with E-state index in [0.717, 1.165) is 5.56 Å². The van der Waals surface area contributed by atoms with Crippen LogP contribution in [0.3, 0.4) is 0 Å². The summed E-state index contributed by atoms with van der Waals surface area (Å²) >= 11 is 0. The van der Waals surface area contributed by atoms with Crippen LogP contribution in [0.4, 0.5) is 0 Å². The third-order valence-electron chi connectivity index (χ3n) is 3.92. The van der Waals surface area contributed by atoms with Gasteiger partial charge in [0.2, 0.25) is 10.0 Å². The van der Waals surface area contributed by atoms with Crippen molar-refractivity contribution in [3.05, 3.63) is 35.9 Å². The maximum atomic E-state index is 12.1. The van der Waals surface area contributed by atoms with Gasteiger partial charge in [0.05, 0.1) is 11.7 Å². The Morgan fingerprint density at radius 1 is 1.14 bits per heavy atom. The van der Waals surface area contributed by atoms with E-state index in [9.17, 15) is 13.2 Å². The number of sulfonamides is 1. The third kappa shape index (κ3) is 5.13. The molecule has 0 atom stereocenters. The molecule has 0 amide bonds. The molecule has 0 aliphatic heterocycles. The number of aryl methyl sites for hydroxylation is 1. The fourth-order valence-corrected chi connectivity index (χ4v) is 4.03. The number of carboxylic acids is 1. The Balaban J connectivity index is 1.80. The second-order valence-corrected chi connectivity index (χ2v) is 7.43. The Morgan fingerprint density at radius 2 is 1.76 bits per heavy atom. The number of benzene rings is 1. The molecule has 116 valence electrons. The van der Waals surface area contributed by atoms with Gasteiger partial charge in [-0.3, -0.25) is 4.79 Å². The topological polar surface area (TPSA) is 83.5 Å². The second kappa shape index (κ2) is 7.04. The molecule has 0 saturated heterocycles. The molecule has 2 rings (SSSR count). The van der Waals surface area contributed by atoms with Crippen LogP contribution in [0.5, 0.6) is 0 Å². The highest BCUT2D eigenvalue weighted by Crippen LogP contribution is 2.24. The largest absolute Gasteiger partial charge is 0.481 e. The van der Waals surface area contributed by atoms with Crippen LogP contribution in [-0.2, 0) is 21.2 Å². The standard InChI is InChI=1S/C15H21NO4S/c17-15(18)13-6-8-14(9-7-13)16-21(19,20)11-10-12-4-2-1-3-5-12/h1-5,13-14,16H,6-11H2,(H,17,18). The van der Waals surface area contributed by atoms with Gasteiger partial charge in [0.15, 0.2) is 0 Å². The smallest absolute Gasteiger partial charge is 0.306 e. The lowest BCUT2D eigenvalue weighted by molar-refractivity contribution is -0.142. The van der Waals surface area contributed by atoms with E-state index in [0.29, 0.717) is 32.1 Å². The third-order valence-corrected chi connectivity index (χ3v) is 5.36. The number of rotatable bonds is 6. The van der Waals surface area contributed by atoms with Crippen LogP contribution in [0.15, 0.2) is 30.3 Å². The molecule has 6 heteroatoms. The number of hydrogen-bond acceptors (Lipinski definition) is 3. The van der Waals surface area contributed by atoms with Crippen LogP contribution in [0.1, 0.15) is 31.2 Å². The van der Waals surface area contributed by atoms with Crippen molar-refractivity contribution in [2.75, 3.05) is 5.75 Å². The molecule has 1 saturated carbocycles. The summed E-state index contributed by atoms with van der Waals surface area (Å²) in [6.45, 7) is 0. The Labute approximate surface area is 125 Å².